The highest BCUT2D eigenvalue weighted by Gasteiger charge is 2.09. The van der Waals surface area contributed by atoms with E-state index in [4.69, 9.17) is 14.0 Å². The summed E-state index contributed by atoms with van der Waals surface area (Å²) in [6, 6.07) is 5.75. The second-order valence-corrected chi connectivity index (χ2v) is 5.58. The minimum atomic E-state index is 0. The molecular formula is C18H27IN4O3. The van der Waals surface area contributed by atoms with Crippen molar-refractivity contribution in [1.29, 1.82) is 0 Å². The van der Waals surface area contributed by atoms with Crippen molar-refractivity contribution < 1.29 is 14.0 Å². The summed E-state index contributed by atoms with van der Waals surface area (Å²) in [5, 5.41) is 10.6. The first-order chi connectivity index (χ1) is 12.1. The highest BCUT2D eigenvalue weighted by Crippen LogP contribution is 2.24. The zero-order valence-corrected chi connectivity index (χ0v) is 18.2. The molecule has 0 saturated carbocycles. The van der Waals surface area contributed by atoms with Gasteiger partial charge in [-0.1, -0.05) is 5.16 Å². The van der Waals surface area contributed by atoms with E-state index in [-0.39, 0.29) is 24.0 Å². The molecule has 0 saturated heterocycles. The van der Waals surface area contributed by atoms with Crippen molar-refractivity contribution in [2.24, 2.45) is 4.99 Å². The van der Waals surface area contributed by atoms with E-state index >= 15 is 0 Å². The summed E-state index contributed by atoms with van der Waals surface area (Å²) in [7, 11) is 5.03. The molecule has 2 N–H and O–H groups in total. The Kier molecular flexibility index (Phi) is 9.25. The quantitative estimate of drug-likeness (QED) is 0.365. The van der Waals surface area contributed by atoms with E-state index in [1.54, 1.807) is 21.3 Å². The molecule has 0 amide bonds. The molecule has 1 heterocycles. The highest BCUT2D eigenvalue weighted by atomic mass is 127. The van der Waals surface area contributed by atoms with Crippen molar-refractivity contribution in [1.82, 2.24) is 15.8 Å². The lowest BCUT2D eigenvalue weighted by Crippen LogP contribution is -2.38. The van der Waals surface area contributed by atoms with E-state index in [1.165, 1.54) is 0 Å². The predicted octanol–water partition coefficient (Wildman–Crippen LogP) is 2.83. The Labute approximate surface area is 171 Å². The van der Waals surface area contributed by atoms with Crippen LogP contribution in [0.2, 0.25) is 0 Å². The van der Waals surface area contributed by atoms with Gasteiger partial charge in [0.1, 0.15) is 17.3 Å². The van der Waals surface area contributed by atoms with E-state index in [1.807, 2.05) is 32.0 Å². The van der Waals surface area contributed by atoms with Crippen LogP contribution in [0.4, 0.5) is 0 Å². The molecule has 0 aliphatic heterocycles. The first kappa shape index (κ1) is 22.1. The Bertz CT molecular complexity index is 712. The summed E-state index contributed by atoms with van der Waals surface area (Å²) >= 11 is 0. The smallest absolute Gasteiger partial charge is 0.191 e. The molecule has 26 heavy (non-hydrogen) atoms. The highest BCUT2D eigenvalue weighted by molar-refractivity contribution is 14.0. The van der Waals surface area contributed by atoms with Gasteiger partial charge in [0.25, 0.3) is 0 Å². The lowest BCUT2D eigenvalue weighted by Gasteiger charge is -2.14. The van der Waals surface area contributed by atoms with Crippen molar-refractivity contribution in [2.45, 2.75) is 26.8 Å². The number of nitrogens with zero attached hydrogens (tertiary/aromatic N) is 2. The minimum Gasteiger partial charge on any atom is -0.497 e. The SMILES string of the molecule is CN=C(NCCc1c(C)noc1C)NCc1ccc(OC)cc1OC.I. The molecular weight excluding hydrogens is 447 g/mol. The van der Waals surface area contributed by atoms with Crippen LogP contribution >= 0.6 is 24.0 Å². The van der Waals surface area contributed by atoms with E-state index in [0.29, 0.717) is 6.54 Å². The van der Waals surface area contributed by atoms with Crippen molar-refractivity contribution in [2.75, 3.05) is 27.8 Å². The average Bonchev–Trinajstić information content (AvgIpc) is 2.96. The van der Waals surface area contributed by atoms with Gasteiger partial charge in [-0.15, -0.1) is 24.0 Å². The van der Waals surface area contributed by atoms with Crippen molar-refractivity contribution >= 4 is 29.9 Å². The molecule has 2 aromatic rings. The van der Waals surface area contributed by atoms with Crippen LogP contribution < -0.4 is 20.1 Å². The fraction of sp³-hybridized carbons (Fsp3) is 0.444. The molecule has 0 fully saturated rings. The first-order valence-corrected chi connectivity index (χ1v) is 8.16. The number of hydrogen-bond acceptors (Lipinski definition) is 5. The van der Waals surface area contributed by atoms with E-state index in [0.717, 1.165) is 53.0 Å². The Balaban J connectivity index is 0.00000338. The Morgan fingerprint density at radius 2 is 1.96 bits per heavy atom. The van der Waals surface area contributed by atoms with Gasteiger partial charge in [0.15, 0.2) is 5.96 Å². The normalized spacial score (nSPS) is 10.9. The summed E-state index contributed by atoms with van der Waals surface area (Å²) in [6.07, 6.45) is 0.827. The maximum Gasteiger partial charge on any atom is 0.191 e. The minimum absolute atomic E-state index is 0. The topological polar surface area (TPSA) is 80.9 Å². The van der Waals surface area contributed by atoms with E-state index in [2.05, 4.69) is 20.8 Å². The number of aryl methyl sites for hydroxylation is 2. The number of aromatic nitrogens is 1. The van der Waals surface area contributed by atoms with Crippen molar-refractivity contribution in [3.63, 3.8) is 0 Å². The number of guanidine groups is 1. The fourth-order valence-corrected chi connectivity index (χ4v) is 2.56. The second-order valence-electron chi connectivity index (χ2n) is 5.58. The lowest BCUT2D eigenvalue weighted by atomic mass is 10.1. The zero-order chi connectivity index (χ0) is 18.2. The van der Waals surface area contributed by atoms with Gasteiger partial charge in [-0.25, -0.2) is 0 Å². The maximum atomic E-state index is 5.41. The number of ether oxygens (including phenoxy) is 2. The van der Waals surface area contributed by atoms with Crippen molar-refractivity contribution in [3.05, 3.63) is 40.8 Å². The monoisotopic (exact) mass is 474 g/mol. The molecule has 7 nitrogen and oxygen atoms in total. The van der Waals surface area contributed by atoms with Crippen LogP contribution in [0, 0.1) is 13.8 Å². The third-order valence-electron chi connectivity index (χ3n) is 4.01. The number of aliphatic imine (C=N–C) groups is 1. The van der Waals surface area contributed by atoms with Crippen LogP contribution in [0.15, 0.2) is 27.7 Å². The fourth-order valence-electron chi connectivity index (χ4n) is 2.56. The van der Waals surface area contributed by atoms with Crippen LogP contribution in [0.1, 0.15) is 22.6 Å². The van der Waals surface area contributed by atoms with Gasteiger partial charge in [0.2, 0.25) is 0 Å². The molecule has 0 radical (unpaired) electrons. The molecule has 0 aliphatic rings. The number of rotatable bonds is 7. The zero-order valence-electron chi connectivity index (χ0n) is 15.9. The largest absolute Gasteiger partial charge is 0.497 e. The van der Waals surface area contributed by atoms with Crippen LogP contribution in [0.3, 0.4) is 0 Å². The van der Waals surface area contributed by atoms with Gasteiger partial charge in [-0.3, -0.25) is 4.99 Å². The van der Waals surface area contributed by atoms with E-state index in [9.17, 15) is 0 Å². The number of nitrogens with one attached hydrogen (secondary N) is 2. The van der Waals surface area contributed by atoms with E-state index < -0.39 is 0 Å². The maximum absolute atomic E-state index is 5.41. The Morgan fingerprint density at radius 1 is 1.19 bits per heavy atom. The summed E-state index contributed by atoms with van der Waals surface area (Å²) in [5.74, 6) is 3.13. The molecule has 8 heteroatoms. The molecule has 2 rings (SSSR count). The Morgan fingerprint density at radius 3 is 2.54 bits per heavy atom. The molecule has 0 atom stereocenters. The van der Waals surface area contributed by atoms with Crippen LogP contribution in [0.5, 0.6) is 11.5 Å². The molecule has 1 aromatic heterocycles. The molecule has 144 valence electrons. The third-order valence-corrected chi connectivity index (χ3v) is 4.01. The molecule has 0 spiro atoms. The van der Waals surface area contributed by atoms with Gasteiger partial charge < -0.3 is 24.6 Å². The Hall–Kier alpha value is -1.97. The summed E-state index contributed by atoms with van der Waals surface area (Å²) in [4.78, 5) is 4.25. The number of methoxy groups -OCH3 is 2. The van der Waals surface area contributed by atoms with Gasteiger partial charge in [0.05, 0.1) is 19.9 Å². The van der Waals surface area contributed by atoms with Gasteiger partial charge in [0, 0.05) is 37.3 Å². The standard InChI is InChI=1S/C18H26N4O3.HI/c1-12-16(13(2)25-22-12)8-9-20-18(19-3)21-11-14-6-7-15(23-4)10-17(14)24-5;/h6-7,10H,8-9,11H2,1-5H3,(H2,19,20,21);1H. The second kappa shape index (κ2) is 10.9. The average molecular weight is 474 g/mol. The number of benzene rings is 1. The summed E-state index contributed by atoms with van der Waals surface area (Å²) in [6.45, 7) is 5.22. The summed E-state index contributed by atoms with van der Waals surface area (Å²) < 4.78 is 15.8. The molecule has 0 unspecified atom stereocenters. The van der Waals surface area contributed by atoms with Gasteiger partial charge in [-0.2, -0.15) is 0 Å². The van der Waals surface area contributed by atoms with Crippen LogP contribution in [0.25, 0.3) is 0 Å². The molecule has 1 aromatic carbocycles. The number of hydrogen-bond donors (Lipinski definition) is 2. The van der Waals surface area contributed by atoms with Crippen LogP contribution in [-0.2, 0) is 13.0 Å². The molecule has 0 bridgehead atoms. The third kappa shape index (κ3) is 5.79. The first-order valence-electron chi connectivity index (χ1n) is 8.16. The lowest BCUT2D eigenvalue weighted by molar-refractivity contribution is 0.390. The summed E-state index contributed by atoms with van der Waals surface area (Å²) in [5.41, 5.74) is 3.10. The predicted molar refractivity (Wildman–Crippen MR) is 113 cm³/mol. The van der Waals surface area contributed by atoms with Gasteiger partial charge in [-0.05, 0) is 32.4 Å². The van der Waals surface area contributed by atoms with Crippen molar-refractivity contribution in [3.8, 4) is 11.5 Å². The van der Waals surface area contributed by atoms with Gasteiger partial charge >= 0.3 is 0 Å². The number of halogens is 1. The molecule has 0 aliphatic carbocycles. The van der Waals surface area contributed by atoms with Crippen LogP contribution in [-0.4, -0.2) is 38.9 Å².